The van der Waals surface area contributed by atoms with E-state index >= 15 is 0 Å². The van der Waals surface area contributed by atoms with Gasteiger partial charge >= 0.3 is 6.09 Å². The molecular weight excluding hydrogens is 296 g/mol. The van der Waals surface area contributed by atoms with Gasteiger partial charge in [0.15, 0.2) is 0 Å². The molecule has 1 aromatic carbocycles. The Balaban J connectivity index is 2.23. The van der Waals surface area contributed by atoms with Gasteiger partial charge in [-0.25, -0.2) is 4.79 Å². The van der Waals surface area contributed by atoms with E-state index in [9.17, 15) is 10.1 Å². The lowest BCUT2D eigenvalue weighted by Gasteiger charge is -2.04. The summed E-state index contributed by atoms with van der Waals surface area (Å²) in [5.41, 5.74) is 2.16. The van der Waals surface area contributed by atoms with Crippen molar-refractivity contribution >= 4 is 34.0 Å². The minimum atomic E-state index is -0.608. The van der Waals surface area contributed by atoms with Gasteiger partial charge in [0.2, 0.25) is 0 Å². The SMILES string of the molecule is N#Cc1c(-c2ccccc2)csc1NC(=O)OCCCl. The smallest absolute Gasteiger partial charge is 0.412 e. The molecular formula is C14H11ClN2O2S. The predicted octanol–water partition coefficient (Wildman–Crippen LogP) is 4.07. The van der Waals surface area contributed by atoms with Crippen molar-refractivity contribution in [3.05, 3.63) is 41.3 Å². The van der Waals surface area contributed by atoms with E-state index in [1.165, 1.54) is 11.3 Å². The molecule has 2 aromatic rings. The molecule has 6 heteroatoms. The summed E-state index contributed by atoms with van der Waals surface area (Å²) in [6.07, 6.45) is -0.608. The molecule has 0 fully saturated rings. The van der Waals surface area contributed by atoms with E-state index in [0.29, 0.717) is 10.6 Å². The van der Waals surface area contributed by atoms with Crippen molar-refractivity contribution in [2.75, 3.05) is 17.8 Å². The molecule has 0 atom stereocenters. The number of carbonyl (C=O) groups excluding carboxylic acids is 1. The molecule has 0 bridgehead atoms. The third kappa shape index (κ3) is 3.29. The molecule has 1 aromatic heterocycles. The first kappa shape index (κ1) is 14.4. The number of carbonyl (C=O) groups is 1. The molecule has 1 amide bonds. The second-order valence-electron chi connectivity index (χ2n) is 3.78. The van der Waals surface area contributed by atoms with Gasteiger partial charge in [-0.2, -0.15) is 5.26 Å². The number of nitriles is 1. The van der Waals surface area contributed by atoms with Crippen LogP contribution in [0.1, 0.15) is 5.56 Å². The number of nitrogens with one attached hydrogen (secondary N) is 1. The zero-order valence-electron chi connectivity index (χ0n) is 10.4. The first-order chi connectivity index (χ1) is 9.76. The van der Waals surface area contributed by atoms with Gasteiger partial charge in [-0.05, 0) is 5.56 Å². The fraction of sp³-hybridized carbons (Fsp3) is 0.143. The highest BCUT2D eigenvalue weighted by Gasteiger charge is 2.15. The van der Waals surface area contributed by atoms with Crippen LogP contribution in [0.2, 0.25) is 0 Å². The van der Waals surface area contributed by atoms with Gasteiger partial charge in [-0.1, -0.05) is 30.3 Å². The summed E-state index contributed by atoms with van der Waals surface area (Å²) >= 11 is 6.73. The summed E-state index contributed by atoms with van der Waals surface area (Å²) in [6.45, 7) is 0.131. The van der Waals surface area contributed by atoms with E-state index in [1.54, 1.807) is 0 Å². The fourth-order valence-electron chi connectivity index (χ4n) is 1.65. The maximum atomic E-state index is 11.5. The average molecular weight is 307 g/mol. The predicted molar refractivity (Wildman–Crippen MR) is 80.2 cm³/mol. The van der Waals surface area contributed by atoms with E-state index in [4.69, 9.17) is 16.3 Å². The number of amides is 1. The van der Waals surface area contributed by atoms with E-state index in [1.807, 2.05) is 35.7 Å². The maximum Gasteiger partial charge on any atom is 0.412 e. The number of ether oxygens (including phenoxy) is 1. The monoisotopic (exact) mass is 306 g/mol. The summed E-state index contributed by atoms with van der Waals surface area (Å²) < 4.78 is 4.82. The molecule has 0 saturated heterocycles. The highest BCUT2D eigenvalue weighted by atomic mass is 35.5. The van der Waals surface area contributed by atoms with Gasteiger partial charge in [0, 0.05) is 10.9 Å². The summed E-state index contributed by atoms with van der Waals surface area (Å²) in [6, 6.07) is 11.7. The molecule has 4 nitrogen and oxygen atoms in total. The lowest BCUT2D eigenvalue weighted by atomic mass is 10.1. The van der Waals surface area contributed by atoms with Gasteiger partial charge in [-0.15, -0.1) is 22.9 Å². The molecule has 0 saturated carbocycles. The van der Waals surface area contributed by atoms with Crippen LogP contribution in [0.15, 0.2) is 35.7 Å². The number of hydrogen-bond donors (Lipinski definition) is 1. The second kappa shape index (κ2) is 6.94. The molecule has 0 aliphatic rings. The van der Waals surface area contributed by atoms with E-state index < -0.39 is 6.09 Å². The number of alkyl halides is 1. The van der Waals surface area contributed by atoms with Crippen molar-refractivity contribution in [1.29, 1.82) is 5.26 Å². The van der Waals surface area contributed by atoms with E-state index in [0.717, 1.165) is 11.1 Å². The minimum Gasteiger partial charge on any atom is -0.448 e. The zero-order chi connectivity index (χ0) is 14.4. The molecule has 2 rings (SSSR count). The van der Waals surface area contributed by atoms with Gasteiger partial charge in [0.1, 0.15) is 17.7 Å². The Hall–Kier alpha value is -2.03. The van der Waals surface area contributed by atoms with Crippen LogP contribution in [0, 0.1) is 11.3 Å². The number of hydrogen-bond acceptors (Lipinski definition) is 4. The maximum absolute atomic E-state index is 11.5. The fourth-order valence-corrected chi connectivity index (χ4v) is 2.63. The topological polar surface area (TPSA) is 62.1 Å². The second-order valence-corrected chi connectivity index (χ2v) is 5.04. The molecule has 102 valence electrons. The number of halogens is 1. The van der Waals surface area contributed by atoms with Crippen LogP contribution in [0.3, 0.4) is 0 Å². The number of nitrogens with zero attached hydrogens (tertiary/aromatic N) is 1. The Bertz CT molecular complexity index is 634. The Labute approximate surface area is 125 Å². The Morgan fingerprint density at radius 1 is 1.40 bits per heavy atom. The van der Waals surface area contributed by atoms with Crippen molar-refractivity contribution in [2.45, 2.75) is 0 Å². The quantitative estimate of drug-likeness (QED) is 0.866. The van der Waals surface area contributed by atoms with Gasteiger partial charge in [-0.3, -0.25) is 5.32 Å². The standard InChI is InChI=1S/C14H11ClN2O2S/c15-6-7-19-14(18)17-13-11(8-16)12(9-20-13)10-4-2-1-3-5-10/h1-5,9H,6-7H2,(H,17,18). The van der Waals surface area contributed by atoms with Crippen molar-refractivity contribution in [1.82, 2.24) is 0 Å². The third-order valence-corrected chi connectivity index (χ3v) is 3.56. The van der Waals surface area contributed by atoms with Crippen LogP contribution in [0.5, 0.6) is 0 Å². The first-order valence-corrected chi connectivity index (χ1v) is 7.24. The highest BCUT2D eigenvalue weighted by molar-refractivity contribution is 7.15. The van der Waals surface area contributed by atoms with Crippen LogP contribution >= 0.6 is 22.9 Å². The van der Waals surface area contributed by atoms with Crippen LogP contribution in [0.25, 0.3) is 11.1 Å². The first-order valence-electron chi connectivity index (χ1n) is 5.83. The van der Waals surface area contributed by atoms with Crippen LogP contribution in [-0.4, -0.2) is 18.6 Å². The van der Waals surface area contributed by atoms with Crippen molar-refractivity contribution in [3.63, 3.8) is 0 Å². The highest BCUT2D eigenvalue weighted by Crippen LogP contribution is 2.34. The summed E-state index contributed by atoms with van der Waals surface area (Å²) in [5.74, 6) is 0.234. The number of anilines is 1. The van der Waals surface area contributed by atoms with Crippen LogP contribution in [0.4, 0.5) is 9.80 Å². The minimum absolute atomic E-state index is 0.131. The molecule has 20 heavy (non-hydrogen) atoms. The molecule has 0 aliphatic heterocycles. The molecule has 0 radical (unpaired) electrons. The Morgan fingerprint density at radius 3 is 2.80 bits per heavy atom. The van der Waals surface area contributed by atoms with E-state index in [2.05, 4.69) is 11.4 Å². The molecule has 0 unspecified atom stereocenters. The van der Waals surface area contributed by atoms with Crippen molar-refractivity contribution in [3.8, 4) is 17.2 Å². The number of rotatable bonds is 4. The summed E-state index contributed by atoms with van der Waals surface area (Å²) in [5, 5.41) is 14.2. The molecule has 1 heterocycles. The largest absolute Gasteiger partial charge is 0.448 e. The third-order valence-electron chi connectivity index (χ3n) is 2.51. The zero-order valence-corrected chi connectivity index (χ0v) is 12.0. The van der Waals surface area contributed by atoms with Gasteiger partial charge in [0.05, 0.1) is 11.4 Å². The van der Waals surface area contributed by atoms with Crippen LogP contribution in [-0.2, 0) is 4.74 Å². The number of thiophene rings is 1. The lowest BCUT2D eigenvalue weighted by molar-refractivity contribution is 0.168. The Kier molecular flexibility index (Phi) is 4.99. The van der Waals surface area contributed by atoms with Gasteiger partial charge < -0.3 is 4.74 Å². The van der Waals surface area contributed by atoms with Gasteiger partial charge in [0.25, 0.3) is 0 Å². The van der Waals surface area contributed by atoms with Crippen molar-refractivity contribution in [2.24, 2.45) is 0 Å². The lowest BCUT2D eigenvalue weighted by Crippen LogP contribution is -2.14. The summed E-state index contributed by atoms with van der Waals surface area (Å²) in [7, 11) is 0. The molecule has 0 spiro atoms. The van der Waals surface area contributed by atoms with E-state index in [-0.39, 0.29) is 12.5 Å². The normalized spacial score (nSPS) is 9.80. The summed E-state index contributed by atoms with van der Waals surface area (Å²) in [4.78, 5) is 11.5. The van der Waals surface area contributed by atoms with Crippen molar-refractivity contribution < 1.29 is 9.53 Å². The Morgan fingerprint density at radius 2 is 2.15 bits per heavy atom. The number of benzene rings is 1. The average Bonchev–Trinajstić information content (AvgIpc) is 2.88. The van der Waals surface area contributed by atoms with Crippen LogP contribution < -0.4 is 5.32 Å². The molecule has 0 aliphatic carbocycles. The molecule has 1 N–H and O–H groups in total.